The van der Waals surface area contributed by atoms with Crippen molar-refractivity contribution in [3.05, 3.63) is 42.7 Å². The third-order valence-electron chi connectivity index (χ3n) is 6.72. The van der Waals surface area contributed by atoms with Gasteiger partial charge in [0.05, 0.1) is 19.5 Å². The average Bonchev–Trinajstić information content (AvgIpc) is 3.61. The number of rotatable bonds is 11. The van der Waals surface area contributed by atoms with E-state index in [1.165, 1.54) is 33.9 Å². The van der Waals surface area contributed by atoms with Crippen molar-refractivity contribution in [1.82, 2.24) is 19.5 Å². The van der Waals surface area contributed by atoms with Crippen LogP contribution in [0.25, 0.3) is 11.2 Å². The predicted molar refractivity (Wildman–Crippen MR) is 145 cm³/mol. The number of fused-ring (bicyclic) bond motifs is 1. The first-order valence-electron chi connectivity index (χ1n) is 12.6. The minimum Gasteiger partial charge on any atom is -0.760 e. The molecule has 23 heteroatoms. The summed E-state index contributed by atoms with van der Waals surface area (Å²) in [5.41, 5.74) is 6.45. The molecule has 2 aliphatic rings. The van der Waals surface area contributed by atoms with Crippen LogP contribution in [0, 0.1) is 5.41 Å². The lowest BCUT2D eigenvalue weighted by Crippen LogP contribution is -2.46. The van der Waals surface area contributed by atoms with E-state index in [-0.39, 0.29) is 22.0 Å². The number of nitrogens with two attached hydrogens (primary N) is 1. The highest BCUT2D eigenvalue weighted by atomic mass is 32.1. The highest BCUT2D eigenvalue weighted by Crippen LogP contribution is 2.60. The van der Waals surface area contributed by atoms with Gasteiger partial charge in [0.25, 0.3) is 6.23 Å². The van der Waals surface area contributed by atoms with E-state index >= 15 is 0 Å². The third-order valence-corrected chi connectivity index (χ3v) is 9.56. The highest BCUT2D eigenvalue weighted by Gasteiger charge is 2.50. The molecule has 9 N–H and O–H groups in total. The first-order valence-corrected chi connectivity index (χ1v) is 16.0. The van der Waals surface area contributed by atoms with Gasteiger partial charge in [-0.1, -0.05) is 5.04 Å². The quantitative estimate of drug-likeness (QED) is 0.0349. The molecule has 5 heterocycles. The van der Waals surface area contributed by atoms with Crippen LogP contribution in [0.5, 0.6) is 0 Å². The standard InChI is InChI=1S/C21H27N7O13P2S/c22-17-12-19(25-7-24-17)28(8-26-12)21-16(32)14(30)11(40-21)6-38-43(35,36)41-42(33,34)37-5-10-13(29)15(31)20(39-10)27-3-1-2-9(4-27)18(23)44/h1-4,7-8,10-11,13-16,20-21,29-32H,5-6H2,(H5-,22,23,24,25,33,34,35,36,44). The van der Waals surface area contributed by atoms with Gasteiger partial charge in [0.1, 0.15) is 42.4 Å². The zero-order valence-corrected chi connectivity index (χ0v) is 24.8. The second-order valence-corrected chi connectivity index (χ2v) is 13.1. The van der Waals surface area contributed by atoms with Gasteiger partial charge in [0.2, 0.25) is 0 Å². The molecular formula is C21H27N7O13P2S. The van der Waals surface area contributed by atoms with Gasteiger partial charge >= 0.3 is 15.6 Å². The van der Waals surface area contributed by atoms with Gasteiger partial charge in [0, 0.05) is 11.6 Å². The lowest BCUT2D eigenvalue weighted by molar-refractivity contribution is -0.765. The number of nitrogens with zero attached hydrogens (tertiary/aromatic N) is 5. The zero-order valence-electron chi connectivity index (χ0n) is 22.2. The lowest BCUT2D eigenvalue weighted by Gasteiger charge is -2.20. The highest BCUT2D eigenvalue weighted by molar-refractivity contribution is 7.78. The van der Waals surface area contributed by atoms with Crippen molar-refractivity contribution in [3.8, 4) is 0 Å². The maximum Gasteiger partial charge on any atom is 0.481 e. The number of aliphatic hydroxyl groups excluding tert-OH is 4. The van der Waals surface area contributed by atoms with Gasteiger partial charge in [-0.05, 0) is 6.07 Å². The summed E-state index contributed by atoms with van der Waals surface area (Å²) in [5, 5.41) is 49.1. The molecule has 3 aromatic heterocycles. The molecule has 240 valence electrons. The van der Waals surface area contributed by atoms with Crippen molar-refractivity contribution >= 4 is 50.3 Å². The largest absolute Gasteiger partial charge is 0.760 e. The minimum absolute atomic E-state index is 0.0553. The van der Waals surface area contributed by atoms with Crippen LogP contribution >= 0.6 is 15.6 Å². The number of phosphoric acid groups is 2. The molecule has 2 fully saturated rings. The molecule has 0 aromatic carbocycles. The van der Waals surface area contributed by atoms with E-state index in [1.807, 2.05) is 0 Å². The zero-order chi connectivity index (χ0) is 32.0. The fraction of sp³-hybridized carbons (Fsp3) is 0.476. The van der Waals surface area contributed by atoms with Crippen molar-refractivity contribution in [2.75, 3.05) is 18.9 Å². The fourth-order valence-electron chi connectivity index (χ4n) is 4.56. The Morgan fingerprint density at radius 2 is 1.66 bits per heavy atom. The van der Waals surface area contributed by atoms with E-state index in [9.17, 15) is 39.3 Å². The Morgan fingerprint density at radius 1 is 1.02 bits per heavy atom. The summed E-state index contributed by atoms with van der Waals surface area (Å²) in [5.74, 6) is 0.0553. The third kappa shape index (κ3) is 6.81. The SMILES string of the molecule is N=C([S-])c1ccc[n+](C2OC(COP(=O)(O)OP(=O)(O)OCC3OC(n4cnc5c(N)ncnc54)C(O)C3O)C(O)C2O)c1. The number of aliphatic hydroxyl groups is 4. The van der Waals surface area contributed by atoms with Crippen molar-refractivity contribution in [1.29, 1.82) is 5.41 Å². The smallest absolute Gasteiger partial charge is 0.481 e. The Bertz CT molecular complexity index is 1630. The van der Waals surface area contributed by atoms with Crippen LogP contribution in [-0.2, 0) is 44.6 Å². The number of hydrogen-bond acceptors (Lipinski definition) is 17. The molecule has 20 nitrogen and oxygen atoms in total. The van der Waals surface area contributed by atoms with Crippen LogP contribution in [0.3, 0.4) is 0 Å². The van der Waals surface area contributed by atoms with Gasteiger partial charge in [0.15, 0.2) is 36.2 Å². The van der Waals surface area contributed by atoms with Crippen LogP contribution in [0.2, 0.25) is 0 Å². The molecule has 2 saturated heterocycles. The molecule has 5 rings (SSSR count). The predicted octanol–water partition coefficient (Wildman–Crippen LogP) is -2.24. The molecule has 0 saturated carbocycles. The maximum absolute atomic E-state index is 12.4. The molecule has 0 amide bonds. The monoisotopic (exact) mass is 679 g/mol. The van der Waals surface area contributed by atoms with E-state index in [1.54, 1.807) is 6.07 Å². The molecule has 10 unspecified atom stereocenters. The van der Waals surface area contributed by atoms with E-state index < -0.39 is 77.9 Å². The van der Waals surface area contributed by atoms with Gasteiger partial charge in [-0.3, -0.25) is 13.6 Å². The number of nitrogens with one attached hydrogen (secondary N) is 1. The van der Waals surface area contributed by atoms with Crippen LogP contribution in [0.1, 0.15) is 18.0 Å². The summed E-state index contributed by atoms with van der Waals surface area (Å²) >= 11 is 4.81. The van der Waals surface area contributed by atoms with Gasteiger partial charge in [-0.15, -0.1) is 0 Å². The Labute approximate surface area is 252 Å². The first kappa shape index (κ1) is 32.8. The number of pyridine rings is 1. The second kappa shape index (κ2) is 12.7. The van der Waals surface area contributed by atoms with E-state index in [4.69, 9.17) is 42.3 Å². The van der Waals surface area contributed by atoms with Crippen LogP contribution < -0.4 is 10.3 Å². The maximum atomic E-state index is 12.4. The van der Waals surface area contributed by atoms with E-state index in [0.29, 0.717) is 5.56 Å². The molecule has 0 spiro atoms. The average molecular weight is 679 g/mol. The number of ether oxygens (including phenoxy) is 2. The molecule has 10 atom stereocenters. The molecule has 2 aliphatic heterocycles. The number of nitrogen functional groups attached to an aromatic ring is 1. The Morgan fingerprint density at radius 3 is 2.32 bits per heavy atom. The molecule has 3 aromatic rings. The molecule has 44 heavy (non-hydrogen) atoms. The Balaban J connectivity index is 1.16. The molecule has 0 radical (unpaired) electrons. The van der Waals surface area contributed by atoms with Crippen LogP contribution in [0.4, 0.5) is 5.82 Å². The summed E-state index contributed by atoms with van der Waals surface area (Å²) in [7, 11) is -10.7. The summed E-state index contributed by atoms with van der Waals surface area (Å²) in [4.78, 5) is 31.9. The minimum atomic E-state index is -5.36. The molecule has 0 bridgehead atoms. The van der Waals surface area contributed by atoms with Crippen molar-refractivity contribution in [2.45, 2.75) is 49.1 Å². The topological polar surface area (TPSA) is 299 Å². The lowest BCUT2D eigenvalue weighted by atomic mass is 10.1. The fourth-order valence-corrected chi connectivity index (χ4v) is 6.78. The number of anilines is 1. The second-order valence-electron chi connectivity index (χ2n) is 9.65. The van der Waals surface area contributed by atoms with Gasteiger partial charge < -0.3 is 63.5 Å². The van der Waals surface area contributed by atoms with Crippen LogP contribution in [0.15, 0.2) is 37.2 Å². The molecular weight excluding hydrogens is 652 g/mol. The molecule has 0 aliphatic carbocycles. The summed E-state index contributed by atoms with van der Waals surface area (Å²) in [6.45, 7) is -1.76. The number of aromatic nitrogens is 5. The normalized spacial score (nSPS) is 31.6. The van der Waals surface area contributed by atoms with Crippen molar-refractivity contribution in [3.63, 3.8) is 0 Å². The number of imidazole rings is 1. The van der Waals surface area contributed by atoms with Gasteiger partial charge in [-0.2, -0.15) is 8.88 Å². The number of phosphoric ester groups is 2. The van der Waals surface area contributed by atoms with Crippen molar-refractivity contribution < 1.29 is 66.7 Å². The summed E-state index contributed by atoms with van der Waals surface area (Å²) < 4.78 is 52.3. The summed E-state index contributed by atoms with van der Waals surface area (Å²) in [6.07, 6.45) is -6.41. The first-order chi connectivity index (χ1) is 20.7. The summed E-state index contributed by atoms with van der Waals surface area (Å²) in [6, 6.07) is 3.07. The Hall–Kier alpha value is -2.59. The number of hydrogen-bond donors (Lipinski definition) is 8. The Kier molecular flexibility index (Phi) is 9.44. The van der Waals surface area contributed by atoms with Crippen LogP contribution in [-0.4, -0.2) is 105 Å². The van der Waals surface area contributed by atoms with E-state index in [2.05, 4.69) is 19.3 Å². The van der Waals surface area contributed by atoms with E-state index in [0.717, 1.165) is 6.33 Å². The van der Waals surface area contributed by atoms with Gasteiger partial charge in [-0.25, -0.2) is 24.1 Å². The van der Waals surface area contributed by atoms with Crippen molar-refractivity contribution in [2.24, 2.45) is 0 Å².